The fraction of sp³-hybridized carbons (Fsp3) is 0.192. The Balaban J connectivity index is 1.68. The Labute approximate surface area is 185 Å². The second-order valence-corrected chi connectivity index (χ2v) is 8.17. The lowest BCUT2D eigenvalue weighted by atomic mass is 10.1. The molecule has 0 unspecified atom stereocenters. The Bertz CT molecular complexity index is 1340. The lowest BCUT2D eigenvalue weighted by Crippen LogP contribution is -2.22. The molecule has 0 aliphatic carbocycles. The van der Waals surface area contributed by atoms with Gasteiger partial charge in [-0.15, -0.1) is 0 Å². The summed E-state index contributed by atoms with van der Waals surface area (Å²) in [6.07, 6.45) is 0. The third kappa shape index (κ3) is 4.12. The first kappa shape index (κ1) is 21.3. The van der Waals surface area contributed by atoms with Crippen LogP contribution in [0.3, 0.4) is 0 Å². The molecule has 6 nitrogen and oxygen atoms in total. The van der Waals surface area contributed by atoms with Crippen LogP contribution in [0.1, 0.15) is 19.4 Å². The maximum absolute atomic E-state index is 13.1. The van der Waals surface area contributed by atoms with Gasteiger partial charge in [0.2, 0.25) is 11.8 Å². The Kier molecular flexibility index (Phi) is 5.77. The van der Waals surface area contributed by atoms with Crippen molar-refractivity contribution in [3.05, 3.63) is 82.5 Å². The minimum Gasteiger partial charge on any atom is -0.331 e. The lowest BCUT2D eigenvalue weighted by molar-refractivity contribution is -0.119. The predicted molar refractivity (Wildman–Crippen MR) is 129 cm³/mol. The Morgan fingerprint density at radius 3 is 2.06 bits per heavy atom. The van der Waals surface area contributed by atoms with E-state index in [1.165, 1.54) is 0 Å². The van der Waals surface area contributed by atoms with Crippen molar-refractivity contribution in [3.8, 4) is 0 Å². The number of hydrogen-bond acceptors (Lipinski definition) is 3. The number of benzene rings is 3. The second kappa shape index (κ2) is 8.67. The van der Waals surface area contributed by atoms with Crippen LogP contribution < -0.4 is 16.1 Å². The van der Waals surface area contributed by atoms with Crippen LogP contribution in [-0.2, 0) is 16.1 Å². The number of carbonyl (C=O) groups excluding carboxylic acids is 2. The molecule has 162 valence electrons. The van der Waals surface area contributed by atoms with Crippen molar-refractivity contribution in [2.75, 3.05) is 10.6 Å². The molecule has 6 heteroatoms. The molecule has 1 aromatic heterocycles. The quantitative estimate of drug-likeness (QED) is 0.453. The van der Waals surface area contributed by atoms with Crippen molar-refractivity contribution < 1.29 is 9.59 Å². The molecular weight excluding hydrogens is 402 g/mol. The number of nitrogens with one attached hydrogen (secondary N) is 2. The average molecular weight is 428 g/mol. The van der Waals surface area contributed by atoms with Crippen LogP contribution in [0.25, 0.3) is 21.8 Å². The van der Waals surface area contributed by atoms with Crippen LogP contribution in [0.5, 0.6) is 0 Å². The van der Waals surface area contributed by atoms with Gasteiger partial charge in [0, 0.05) is 28.1 Å². The van der Waals surface area contributed by atoms with E-state index in [-0.39, 0.29) is 29.7 Å². The minimum absolute atomic E-state index is 0.0442. The van der Waals surface area contributed by atoms with E-state index in [2.05, 4.69) is 10.6 Å². The van der Waals surface area contributed by atoms with E-state index in [4.69, 9.17) is 0 Å². The molecule has 0 bridgehead atoms. The van der Waals surface area contributed by atoms with Crippen molar-refractivity contribution in [2.45, 2.75) is 27.3 Å². The highest BCUT2D eigenvalue weighted by Gasteiger charge is 2.14. The van der Waals surface area contributed by atoms with Gasteiger partial charge in [0.15, 0.2) is 5.43 Å². The Morgan fingerprint density at radius 1 is 0.875 bits per heavy atom. The monoisotopic (exact) mass is 427 g/mol. The van der Waals surface area contributed by atoms with Crippen molar-refractivity contribution >= 4 is 45.0 Å². The first-order chi connectivity index (χ1) is 15.3. The van der Waals surface area contributed by atoms with Crippen LogP contribution in [0.15, 0.2) is 71.5 Å². The van der Waals surface area contributed by atoms with Crippen LogP contribution >= 0.6 is 0 Å². The third-order valence-corrected chi connectivity index (χ3v) is 5.48. The van der Waals surface area contributed by atoms with Gasteiger partial charge in [-0.25, -0.2) is 0 Å². The molecule has 32 heavy (non-hydrogen) atoms. The number of carbonyl (C=O) groups is 2. The SMILES string of the molecule is Cc1ccc(NC(=O)C(C)C)cc1NC(=O)Cn1c2ccccc2c(=O)c2ccccc21. The standard InChI is InChI=1S/C26H25N3O3/c1-16(2)26(32)27-18-13-12-17(3)21(14-18)28-24(30)15-29-22-10-6-4-8-19(22)25(31)20-9-5-7-11-23(20)29/h4-14,16H,15H2,1-3H3,(H,27,32)(H,28,30). The normalized spacial score (nSPS) is 11.1. The molecule has 0 aliphatic rings. The zero-order chi connectivity index (χ0) is 22.8. The Hall–Kier alpha value is -3.93. The molecule has 4 rings (SSSR count). The lowest BCUT2D eigenvalue weighted by Gasteiger charge is -2.16. The molecule has 2 N–H and O–H groups in total. The van der Waals surface area contributed by atoms with Crippen molar-refractivity contribution in [3.63, 3.8) is 0 Å². The van der Waals surface area contributed by atoms with Crippen molar-refractivity contribution in [1.82, 2.24) is 4.57 Å². The molecule has 0 atom stereocenters. The number of rotatable bonds is 5. The molecule has 2 amide bonds. The first-order valence-electron chi connectivity index (χ1n) is 10.6. The molecule has 3 aromatic carbocycles. The minimum atomic E-state index is -0.223. The van der Waals surface area contributed by atoms with E-state index >= 15 is 0 Å². The van der Waals surface area contributed by atoms with Gasteiger partial charge in [-0.1, -0.05) is 44.2 Å². The summed E-state index contributed by atoms with van der Waals surface area (Å²) in [5.74, 6) is -0.451. The van der Waals surface area contributed by atoms with Crippen LogP contribution in [0, 0.1) is 12.8 Å². The zero-order valence-electron chi connectivity index (χ0n) is 18.3. The topological polar surface area (TPSA) is 80.2 Å². The van der Waals surface area contributed by atoms with Gasteiger partial charge in [0.25, 0.3) is 0 Å². The highest BCUT2D eigenvalue weighted by molar-refractivity contribution is 5.98. The number of aromatic nitrogens is 1. The van der Waals surface area contributed by atoms with Crippen LogP contribution in [-0.4, -0.2) is 16.4 Å². The molecule has 0 aliphatic heterocycles. The van der Waals surface area contributed by atoms with Gasteiger partial charge >= 0.3 is 0 Å². The van der Waals surface area contributed by atoms with Crippen LogP contribution in [0.2, 0.25) is 0 Å². The molecule has 0 saturated heterocycles. The third-order valence-electron chi connectivity index (χ3n) is 5.48. The second-order valence-electron chi connectivity index (χ2n) is 8.17. The molecule has 4 aromatic rings. The van der Waals surface area contributed by atoms with E-state index in [9.17, 15) is 14.4 Å². The molecular formula is C26H25N3O3. The fourth-order valence-electron chi connectivity index (χ4n) is 3.70. The van der Waals surface area contributed by atoms with Gasteiger partial charge in [-0.05, 0) is 48.9 Å². The maximum Gasteiger partial charge on any atom is 0.244 e. The molecule has 0 spiro atoms. The maximum atomic E-state index is 13.1. The summed E-state index contributed by atoms with van der Waals surface area (Å²) >= 11 is 0. The summed E-state index contributed by atoms with van der Waals surface area (Å²) < 4.78 is 1.86. The van der Waals surface area contributed by atoms with Crippen LogP contribution in [0.4, 0.5) is 11.4 Å². The number of hydrogen-bond donors (Lipinski definition) is 2. The number of pyridine rings is 1. The highest BCUT2D eigenvalue weighted by Crippen LogP contribution is 2.22. The van der Waals surface area contributed by atoms with Gasteiger partial charge < -0.3 is 15.2 Å². The summed E-state index contributed by atoms with van der Waals surface area (Å²) in [4.78, 5) is 38.0. The number of amides is 2. The first-order valence-corrected chi connectivity index (χ1v) is 10.6. The van der Waals surface area contributed by atoms with Crippen molar-refractivity contribution in [1.29, 1.82) is 0 Å². The summed E-state index contributed by atoms with van der Waals surface area (Å²) in [7, 11) is 0. The molecule has 0 radical (unpaired) electrons. The summed E-state index contributed by atoms with van der Waals surface area (Å²) in [5, 5.41) is 6.97. The van der Waals surface area contributed by atoms with E-state index in [1.807, 2.05) is 73.9 Å². The average Bonchev–Trinajstić information content (AvgIpc) is 2.78. The smallest absolute Gasteiger partial charge is 0.244 e. The van der Waals surface area contributed by atoms with E-state index in [0.29, 0.717) is 33.2 Å². The number of aryl methyl sites for hydroxylation is 1. The van der Waals surface area contributed by atoms with Gasteiger partial charge in [0.05, 0.1) is 11.0 Å². The number of para-hydroxylation sites is 2. The fourth-order valence-corrected chi connectivity index (χ4v) is 3.70. The van der Waals surface area contributed by atoms with E-state index < -0.39 is 0 Å². The molecule has 0 saturated carbocycles. The van der Waals surface area contributed by atoms with E-state index in [0.717, 1.165) is 5.56 Å². The predicted octanol–water partition coefficient (Wildman–Crippen LogP) is 4.70. The van der Waals surface area contributed by atoms with E-state index in [1.54, 1.807) is 18.2 Å². The largest absolute Gasteiger partial charge is 0.331 e. The number of fused-ring (bicyclic) bond motifs is 2. The molecule has 1 heterocycles. The van der Waals surface area contributed by atoms with Crippen molar-refractivity contribution in [2.24, 2.45) is 5.92 Å². The molecule has 0 fully saturated rings. The zero-order valence-corrected chi connectivity index (χ0v) is 18.3. The Morgan fingerprint density at radius 2 is 1.47 bits per heavy atom. The number of nitrogens with zero attached hydrogens (tertiary/aromatic N) is 1. The number of anilines is 2. The summed E-state index contributed by atoms with van der Waals surface area (Å²) in [5.41, 5.74) is 3.52. The summed E-state index contributed by atoms with van der Waals surface area (Å²) in [6, 6.07) is 20.1. The highest BCUT2D eigenvalue weighted by atomic mass is 16.2. The van der Waals surface area contributed by atoms with Gasteiger partial charge in [-0.3, -0.25) is 14.4 Å². The van der Waals surface area contributed by atoms with Gasteiger partial charge in [0.1, 0.15) is 6.54 Å². The van der Waals surface area contributed by atoms with Gasteiger partial charge in [-0.2, -0.15) is 0 Å². The summed E-state index contributed by atoms with van der Waals surface area (Å²) in [6.45, 7) is 5.59.